The molecule has 0 fully saturated rings. The molecule has 2 radical (unpaired) electrons. The van der Waals surface area contributed by atoms with E-state index in [0.29, 0.717) is 5.56 Å². The van der Waals surface area contributed by atoms with Gasteiger partial charge in [-0.15, -0.1) is 29.7 Å². The minimum absolute atomic E-state index is 0. The number of rotatable bonds is 1. The largest absolute Gasteiger partial charge is 4.00 e. The zero-order valence-corrected chi connectivity index (χ0v) is 22.0. The van der Waals surface area contributed by atoms with Crippen LogP contribution >= 0.6 is 0 Å². The molecule has 2 nitrogen and oxygen atoms in total. The van der Waals surface area contributed by atoms with Gasteiger partial charge >= 0.3 is 26.2 Å². The molecule has 0 aliphatic rings. The fraction of sp³-hybridized carbons (Fsp3) is 0.273. The van der Waals surface area contributed by atoms with E-state index in [1.807, 2.05) is 12.1 Å². The maximum atomic E-state index is 10.8. The van der Waals surface area contributed by atoms with E-state index in [1.54, 1.807) is 12.1 Å². The van der Waals surface area contributed by atoms with Crippen LogP contribution in [0.5, 0.6) is 0 Å². The average Bonchev–Trinajstić information content (AvgIpc) is 3.04. The average molecular weight is 512 g/mol. The normalized spacial score (nSPS) is 9.18. The van der Waals surface area contributed by atoms with Gasteiger partial charge in [0.1, 0.15) is 0 Å². The van der Waals surface area contributed by atoms with Crippen molar-refractivity contribution in [1.29, 1.82) is 0 Å². The molecule has 6 heteroatoms. The Morgan fingerprint density at radius 1 is 0.964 bits per heavy atom. The molecule has 0 spiro atoms. The quantitative estimate of drug-likeness (QED) is 0.347. The van der Waals surface area contributed by atoms with Crippen LogP contribution in [0.4, 0.5) is 0 Å². The van der Waals surface area contributed by atoms with Crippen molar-refractivity contribution in [3.63, 3.8) is 0 Å². The number of amides is 1. The molecule has 3 aromatic carbocycles. The first-order valence-electron chi connectivity index (χ1n) is 8.35. The summed E-state index contributed by atoms with van der Waals surface area (Å²) in [5, 5.41) is 2.66. The van der Waals surface area contributed by atoms with Crippen LogP contribution in [0, 0.1) is 0 Å². The first kappa shape index (κ1) is 31.9. The maximum absolute atomic E-state index is 10.8. The zero-order chi connectivity index (χ0) is 18.9. The Morgan fingerprint density at radius 3 is 2.04 bits per heavy atom. The van der Waals surface area contributed by atoms with E-state index in [2.05, 4.69) is 76.3 Å². The van der Waals surface area contributed by atoms with Gasteiger partial charge in [-0.2, -0.15) is 17.5 Å². The van der Waals surface area contributed by atoms with Crippen molar-refractivity contribution in [1.82, 2.24) is 0 Å². The zero-order valence-electron chi connectivity index (χ0n) is 17.0. The number of benzene rings is 2. The van der Waals surface area contributed by atoms with Gasteiger partial charge in [-0.25, -0.2) is 0 Å². The second-order valence-corrected chi connectivity index (χ2v) is 7.81. The smallest absolute Gasteiger partial charge is 1.00 e. The predicted molar refractivity (Wildman–Crippen MR) is 111 cm³/mol. The Labute approximate surface area is 203 Å². The summed E-state index contributed by atoms with van der Waals surface area (Å²) in [6, 6.07) is 21.9. The van der Waals surface area contributed by atoms with Crippen LogP contribution in [0.2, 0.25) is 13.1 Å². The first-order chi connectivity index (χ1) is 11.8. The van der Waals surface area contributed by atoms with Gasteiger partial charge < -0.3 is 35.3 Å². The van der Waals surface area contributed by atoms with Gasteiger partial charge in [0.15, 0.2) is 0 Å². The molecule has 0 bridgehead atoms. The summed E-state index contributed by atoms with van der Waals surface area (Å²) < 4.78 is 0. The van der Waals surface area contributed by atoms with E-state index in [-0.39, 0.29) is 56.4 Å². The van der Waals surface area contributed by atoms with Crippen molar-refractivity contribution in [2.75, 3.05) is 0 Å². The van der Waals surface area contributed by atoms with Crippen molar-refractivity contribution in [2.24, 2.45) is 0 Å². The Hall–Kier alpha value is -0.800. The Kier molecular flexibility index (Phi) is 18.3. The Morgan fingerprint density at radius 2 is 1.54 bits per heavy atom. The SMILES string of the molecule is CC(C)(C)c1cccc(C([NH-])=O)c1.C[Si]C.[Cl-].[Cl-].[Zr+4].c1ccc2[cH-]ccc2c1. The second kappa shape index (κ2) is 16.0. The van der Waals surface area contributed by atoms with Gasteiger partial charge in [0, 0.05) is 9.52 Å². The number of fused-ring (bicyclic) bond motifs is 1. The minimum atomic E-state index is -0.619. The topological polar surface area (TPSA) is 40.9 Å². The van der Waals surface area contributed by atoms with Crippen LogP contribution in [-0.2, 0) is 31.6 Å². The number of hydrogen-bond donors (Lipinski definition) is 0. The van der Waals surface area contributed by atoms with Gasteiger partial charge in [-0.3, -0.25) is 0 Å². The molecular weight excluding hydrogens is 484 g/mol. The molecule has 1 amide bonds. The second-order valence-electron chi connectivity index (χ2n) is 6.81. The number of hydrogen-bond acceptors (Lipinski definition) is 1. The van der Waals surface area contributed by atoms with Crippen molar-refractivity contribution >= 4 is 26.2 Å². The number of carbonyl (C=O) groups excluding carboxylic acids is 1. The van der Waals surface area contributed by atoms with E-state index in [4.69, 9.17) is 5.73 Å². The van der Waals surface area contributed by atoms with E-state index in [1.165, 1.54) is 10.8 Å². The van der Waals surface area contributed by atoms with Crippen LogP contribution in [-0.4, -0.2) is 15.4 Å². The molecular formula is C22H27Cl2NOSiZr. The van der Waals surface area contributed by atoms with Crippen molar-refractivity contribution in [2.45, 2.75) is 39.3 Å². The molecule has 3 rings (SSSR count). The van der Waals surface area contributed by atoms with Crippen LogP contribution < -0.4 is 24.8 Å². The molecule has 0 heterocycles. The first-order valence-corrected chi connectivity index (χ1v) is 10.3. The van der Waals surface area contributed by atoms with E-state index >= 15 is 0 Å². The monoisotopic (exact) mass is 509 g/mol. The third-order valence-corrected chi connectivity index (χ3v) is 3.54. The summed E-state index contributed by atoms with van der Waals surface area (Å²) in [7, 11) is 1.08. The molecule has 0 aliphatic carbocycles. The summed E-state index contributed by atoms with van der Waals surface area (Å²) >= 11 is 0. The van der Waals surface area contributed by atoms with Gasteiger partial charge in [0.05, 0.1) is 5.91 Å². The summed E-state index contributed by atoms with van der Waals surface area (Å²) in [4.78, 5) is 10.8. The van der Waals surface area contributed by atoms with Crippen molar-refractivity contribution < 1.29 is 55.8 Å². The van der Waals surface area contributed by atoms with Gasteiger partial charge in [0.2, 0.25) is 0 Å². The van der Waals surface area contributed by atoms with Crippen LogP contribution in [0.25, 0.3) is 16.5 Å². The molecule has 0 aromatic heterocycles. The minimum Gasteiger partial charge on any atom is -1.00 e. The van der Waals surface area contributed by atoms with Gasteiger partial charge in [0.25, 0.3) is 0 Å². The molecule has 148 valence electrons. The molecule has 0 saturated heterocycles. The molecule has 0 saturated carbocycles. The summed E-state index contributed by atoms with van der Waals surface area (Å²) in [5.41, 5.74) is 8.57. The van der Waals surface area contributed by atoms with Crippen LogP contribution in [0.1, 0.15) is 36.7 Å². The number of carbonyl (C=O) groups is 1. The third-order valence-electron chi connectivity index (χ3n) is 3.54. The molecule has 0 atom stereocenters. The molecule has 0 unspecified atom stereocenters. The fourth-order valence-electron chi connectivity index (χ4n) is 2.20. The third kappa shape index (κ3) is 11.3. The van der Waals surface area contributed by atoms with E-state index in [9.17, 15) is 4.79 Å². The van der Waals surface area contributed by atoms with E-state index < -0.39 is 5.91 Å². The van der Waals surface area contributed by atoms with Gasteiger partial charge in [-0.1, -0.05) is 58.1 Å². The summed E-state index contributed by atoms with van der Waals surface area (Å²) in [6.07, 6.45) is 0. The summed E-state index contributed by atoms with van der Waals surface area (Å²) in [6.45, 7) is 10.6. The number of halogens is 2. The van der Waals surface area contributed by atoms with Gasteiger partial charge in [-0.05, 0) is 22.6 Å². The summed E-state index contributed by atoms with van der Waals surface area (Å²) in [5.74, 6) is -0.619. The van der Waals surface area contributed by atoms with E-state index in [0.717, 1.165) is 15.1 Å². The number of nitrogens with one attached hydrogen (secondary N) is 1. The maximum Gasteiger partial charge on any atom is 4.00 e. The molecule has 28 heavy (non-hydrogen) atoms. The Balaban J connectivity index is -0.000000368. The molecule has 1 N–H and O–H groups in total. The van der Waals surface area contributed by atoms with Crippen molar-refractivity contribution in [3.8, 4) is 0 Å². The Bertz CT molecular complexity index is 770. The van der Waals surface area contributed by atoms with Crippen molar-refractivity contribution in [3.05, 3.63) is 83.6 Å². The fourth-order valence-corrected chi connectivity index (χ4v) is 2.20. The molecule has 3 aromatic rings. The standard InChI is InChI=1S/C11H15NO.C9H7.C2H6Si.2ClH.Zr/c1-11(2,3)9-6-4-5-8(7-9)10(12)13;1-2-5-9-7-3-6-8(9)4-1;1-3-2;;;/h4-7H,1-3H3,(H2,12,13);1-7H;1-2H3;2*1H;/q;-1;;;;+4/p-3. The van der Waals surface area contributed by atoms with Crippen LogP contribution in [0.3, 0.4) is 0 Å². The predicted octanol–water partition coefficient (Wildman–Crippen LogP) is 0.528. The molecule has 0 aliphatic heterocycles. The van der Waals surface area contributed by atoms with Crippen LogP contribution in [0.15, 0.2) is 66.7 Å².